The predicted octanol–water partition coefficient (Wildman–Crippen LogP) is -1.26. The summed E-state index contributed by atoms with van der Waals surface area (Å²) in [7, 11) is 5.76. The van der Waals surface area contributed by atoms with Gasteiger partial charge in [0.05, 0.1) is 0 Å². The molecule has 0 aromatic carbocycles. The Hall–Kier alpha value is -0.690. The van der Waals surface area contributed by atoms with Crippen LogP contribution >= 0.6 is 0 Å². The van der Waals surface area contributed by atoms with Gasteiger partial charge >= 0.3 is 0 Å². The van der Waals surface area contributed by atoms with Crippen molar-refractivity contribution in [2.45, 2.75) is 18.6 Å². The van der Waals surface area contributed by atoms with Gasteiger partial charge in [0.15, 0.2) is 0 Å². The average molecular weight is 206 g/mol. The van der Waals surface area contributed by atoms with Gasteiger partial charge in [0.1, 0.15) is 5.79 Å². The fourth-order valence-corrected chi connectivity index (χ4v) is 1.12. The summed E-state index contributed by atoms with van der Waals surface area (Å²) in [5.74, 6) is -0.153. The molecule has 0 aliphatic heterocycles. The predicted molar refractivity (Wildman–Crippen MR) is 56.9 cm³/mol. The van der Waals surface area contributed by atoms with Crippen LogP contribution < -0.4 is 21.7 Å². The molecule has 6 heteroatoms. The van der Waals surface area contributed by atoms with Crippen LogP contribution in [0.5, 0.6) is 0 Å². The molecule has 14 heavy (non-hydrogen) atoms. The molecule has 0 aromatic rings. The molecule has 0 heterocycles. The van der Waals surface area contributed by atoms with Crippen molar-refractivity contribution in [2.24, 2.45) is 5.73 Å². The van der Waals surface area contributed by atoms with E-state index in [0.29, 0.717) is 0 Å². The van der Waals surface area contributed by atoms with Crippen LogP contribution in [0.2, 0.25) is 0 Å². The summed E-state index contributed by atoms with van der Waals surface area (Å²) in [4.78, 5) is 8.36. The Kier molecular flexibility index (Phi) is 11.7. The normalized spacial score (nSPS) is 10.3. The lowest BCUT2D eigenvalue weighted by Crippen LogP contribution is -2.63. The van der Waals surface area contributed by atoms with Gasteiger partial charge in [-0.05, 0) is 40.5 Å². The molecule has 0 aliphatic rings. The molecule has 0 aromatic heterocycles. The van der Waals surface area contributed by atoms with Gasteiger partial charge in [0.25, 0.3) is 6.47 Å². The summed E-state index contributed by atoms with van der Waals surface area (Å²) in [6, 6.07) is 0. The highest BCUT2D eigenvalue weighted by Crippen LogP contribution is 2.02. The highest BCUT2D eigenvalue weighted by molar-refractivity contribution is 5.32. The zero-order valence-electron chi connectivity index (χ0n) is 9.13. The third kappa shape index (κ3) is 6.79. The first kappa shape index (κ1) is 15.8. The van der Waals surface area contributed by atoms with E-state index in [9.17, 15) is 0 Å². The molecule has 0 radical (unpaired) electrons. The fourth-order valence-electron chi connectivity index (χ4n) is 1.12. The molecule has 86 valence electrons. The lowest BCUT2D eigenvalue weighted by atomic mass is 10.2. The van der Waals surface area contributed by atoms with E-state index < -0.39 is 0 Å². The Morgan fingerprint density at radius 3 is 1.86 bits per heavy atom. The largest absolute Gasteiger partial charge is 0.483 e. The molecule has 0 amide bonds. The zero-order chi connectivity index (χ0) is 11.4. The average Bonchev–Trinajstić information content (AvgIpc) is 2.22. The van der Waals surface area contributed by atoms with E-state index in [-0.39, 0.29) is 12.3 Å². The molecule has 0 saturated heterocycles. The van der Waals surface area contributed by atoms with E-state index >= 15 is 0 Å². The Balaban J connectivity index is 0. The first-order valence-corrected chi connectivity index (χ1v) is 4.51. The Morgan fingerprint density at radius 2 is 1.64 bits per heavy atom. The summed E-state index contributed by atoms with van der Waals surface area (Å²) in [6.45, 7) is 0.479. The maximum absolute atomic E-state index is 8.36. The first-order valence-electron chi connectivity index (χ1n) is 4.51. The second kappa shape index (κ2) is 10.4. The van der Waals surface area contributed by atoms with E-state index in [0.717, 1.165) is 19.4 Å². The van der Waals surface area contributed by atoms with Crippen molar-refractivity contribution < 1.29 is 9.90 Å². The monoisotopic (exact) mass is 206 g/mol. The van der Waals surface area contributed by atoms with Crippen LogP contribution in [0.25, 0.3) is 0 Å². The van der Waals surface area contributed by atoms with Crippen LogP contribution in [0.3, 0.4) is 0 Å². The molecule has 0 aliphatic carbocycles. The molecule has 0 atom stereocenters. The van der Waals surface area contributed by atoms with Gasteiger partial charge in [-0.2, -0.15) is 0 Å². The minimum Gasteiger partial charge on any atom is -0.483 e. The number of nitrogens with one attached hydrogen (secondary N) is 3. The standard InChI is InChI=1S/C7H20N4.CH2O2/c1-9-7(10-2,11-3)5-4-6-8;2-1-3/h9-11H,4-6,8H2,1-3H3;1H,(H,2,3). The molecule has 0 rings (SSSR count). The molecule has 0 spiro atoms. The first-order chi connectivity index (χ1) is 6.66. The third-order valence-corrected chi connectivity index (χ3v) is 2.04. The van der Waals surface area contributed by atoms with Crippen molar-refractivity contribution in [3.05, 3.63) is 0 Å². The van der Waals surface area contributed by atoms with E-state index in [4.69, 9.17) is 15.6 Å². The van der Waals surface area contributed by atoms with E-state index in [1.807, 2.05) is 21.1 Å². The maximum Gasteiger partial charge on any atom is 0.290 e. The molecule has 0 bridgehead atoms. The van der Waals surface area contributed by atoms with Crippen LogP contribution in [-0.2, 0) is 4.79 Å². The van der Waals surface area contributed by atoms with Gasteiger partial charge in [0, 0.05) is 0 Å². The summed E-state index contributed by atoms with van der Waals surface area (Å²) in [5.41, 5.74) is 5.42. The Bertz CT molecular complexity index is 120. The molecule has 0 fully saturated rings. The van der Waals surface area contributed by atoms with Gasteiger partial charge < -0.3 is 10.8 Å². The van der Waals surface area contributed by atoms with Crippen molar-refractivity contribution in [1.29, 1.82) is 0 Å². The number of hydrogen-bond acceptors (Lipinski definition) is 5. The van der Waals surface area contributed by atoms with Gasteiger partial charge in [-0.1, -0.05) is 0 Å². The van der Waals surface area contributed by atoms with E-state index in [1.54, 1.807) is 0 Å². The van der Waals surface area contributed by atoms with Crippen molar-refractivity contribution in [3.63, 3.8) is 0 Å². The second-order valence-corrected chi connectivity index (χ2v) is 2.65. The van der Waals surface area contributed by atoms with Crippen LogP contribution in [-0.4, -0.2) is 45.1 Å². The van der Waals surface area contributed by atoms with Gasteiger partial charge in [-0.3, -0.25) is 20.7 Å². The summed E-state index contributed by atoms with van der Waals surface area (Å²) < 4.78 is 0. The Labute approximate surface area is 85.2 Å². The van der Waals surface area contributed by atoms with Crippen molar-refractivity contribution in [1.82, 2.24) is 16.0 Å². The highest BCUT2D eigenvalue weighted by Gasteiger charge is 2.21. The number of hydrogen-bond donors (Lipinski definition) is 5. The quantitative estimate of drug-likeness (QED) is 0.275. The molecule has 0 saturated carbocycles. The minimum absolute atomic E-state index is 0.153. The van der Waals surface area contributed by atoms with Crippen LogP contribution in [0.1, 0.15) is 12.8 Å². The van der Waals surface area contributed by atoms with Crippen molar-refractivity contribution >= 4 is 6.47 Å². The van der Waals surface area contributed by atoms with E-state index in [1.165, 1.54) is 0 Å². The van der Waals surface area contributed by atoms with Crippen LogP contribution in [0, 0.1) is 0 Å². The molecule has 6 nitrogen and oxygen atoms in total. The van der Waals surface area contributed by atoms with Crippen LogP contribution in [0.4, 0.5) is 0 Å². The summed E-state index contributed by atoms with van der Waals surface area (Å²) in [6.07, 6.45) is 1.98. The topological polar surface area (TPSA) is 99.4 Å². The second-order valence-electron chi connectivity index (χ2n) is 2.65. The number of carbonyl (C=O) groups is 1. The summed E-state index contributed by atoms with van der Waals surface area (Å²) in [5, 5.41) is 16.4. The molecular formula is C8H22N4O2. The van der Waals surface area contributed by atoms with Crippen molar-refractivity contribution in [3.8, 4) is 0 Å². The van der Waals surface area contributed by atoms with Crippen LogP contribution in [0.15, 0.2) is 0 Å². The van der Waals surface area contributed by atoms with Gasteiger partial charge in [0.2, 0.25) is 0 Å². The summed E-state index contributed by atoms with van der Waals surface area (Å²) >= 11 is 0. The Morgan fingerprint density at radius 1 is 1.29 bits per heavy atom. The van der Waals surface area contributed by atoms with Gasteiger partial charge in [-0.15, -0.1) is 0 Å². The maximum atomic E-state index is 8.36. The van der Waals surface area contributed by atoms with E-state index in [2.05, 4.69) is 16.0 Å². The number of rotatable bonds is 6. The third-order valence-electron chi connectivity index (χ3n) is 2.04. The lowest BCUT2D eigenvalue weighted by Gasteiger charge is -2.32. The van der Waals surface area contributed by atoms with Gasteiger partial charge in [-0.25, -0.2) is 0 Å². The molecule has 0 unspecified atom stereocenters. The molecular weight excluding hydrogens is 184 g/mol. The fraction of sp³-hybridized carbons (Fsp3) is 0.875. The smallest absolute Gasteiger partial charge is 0.290 e. The zero-order valence-corrected chi connectivity index (χ0v) is 9.13. The minimum atomic E-state index is -0.250. The van der Waals surface area contributed by atoms with Crippen molar-refractivity contribution in [2.75, 3.05) is 27.7 Å². The number of carboxylic acid groups (broad SMARTS) is 1. The number of nitrogens with two attached hydrogens (primary N) is 1. The molecule has 6 N–H and O–H groups in total. The SMILES string of the molecule is CNC(CCCN)(NC)NC.O=CO. The lowest BCUT2D eigenvalue weighted by molar-refractivity contribution is -0.122. The highest BCUT2D eigenvalue weighted by atomic mass is 16.3.